The lowest BCUT2D eigenvalue weighted by Crippen LogP contribution is -2.37. The second-order valence-electron chi connectivity index (χ2n) is 4.42. The highest BCUT2D eigenvalue weighted by Crippen LogP contribution is 2.03. The standard InChI is InChI=1S/C13H21N3O3S/c17-12(18)5-3-1-2-4-7-15-13(19)16-8-6-11-14-9-10-20-11/h9-10H,1-8H2,(H,17,18)(H2,15,16,19). The van der Waals surface area contributed by atoms with Crippen LogP contribution in [0.4, 0.5) is 4.79 Å². The molecule has 0 fully saturated rings. The maximum atomic E-state index is 11.4. The van der Waals surface area contributed by atoms with Gasteiger partial charge in [0.2, 0.25) is 0 Å². The molecule has 6 nitrogen and oxygen atoms in total. The van der Waals surface area contributed by atoms with Gasteiger partial charge in [0, 0.05) is 37.5 Å². The summed E-state index contributed by atoms with van der Waals surface area (Å²) in [6.45, 7) is 1.20. The van der Waals surface area contributed by atoms with Crippen LogP contribution in [-0.4, -0.2) is 35.2 Å². The van der Waals surface area contributed by atoms with E-state index in [0.29, 0.717) is 19.5 Å². The van der Waals surface area contributed by atoms with Crippen LogP contribution >= 0.6 is 11.3 Å². The minimum Gasteiger partial charge on any atom is -0.481 e. The van der Waals surface area contributed by atoms with Gasteiger partial charge in [-0.25, -0.2) is 9.78 Å². The summed E-state index contributed by atoms with van der Waals surface area (Å²) in [7, 11) is 0. The highest BCUT2D eigenvalue weighted by Gasteiger charge is 2.01. The van der Waals surface area contributed by atoms with Crippen LogP contribution in [0.15, 0.2) is 11.6 Å². The van der Waals surface area contributed by atoms with Crippen LogP contribution in [0, 0.1) is 0 Å². The topological polar surface area (TPSA) is 91.3 Å². The molecule has 0 atom stereocenters. The summed E-state index contributed by atoms with van der Waals surface area (Å²) in [5.41, 5.74) is 0. The van der Waals surface area contributed by atoms with Gasteiger partial charge >= 0.3 is 12.0 Å². The predicted molar refractivity (Wildman–Crippen MR) is 77.9 cm³/mol. The molecule has 1 heterocycles. The molecule has 0 aliphatic carbocycles. The molecule has 0 saturated heterocycles. The molecule has 2 amide bonds. The maximum Gasteiger partial charge on any atom is 0.314 e. The minimum atomic E-state index is -0.747. The van der Waals surface area contributed by atoms with E-state index in [1.807, 2.05) is 5.38 Å². The summed E-state index contributed by atoms with van der Waals surface area (Å²) in [5.74, 6) is -0.747. The smallest absolute Gasteiger partial charge is 0.314 e. The normalized spacial score (nSPS) is 10.2. The Balaban J connectivity index is 1.88. The number of unbranched alkanes of at least 4 members (excludes halogenated alkanes) is 3. The van der Waals surface area contributed by atoms with Crippen LogP contribution in [0.2, 0.25) is 0 Å². The molecule has 0 aromatic carbocycles. The second-order valence-corrected chi connectivity index (χ2v) is 5.40. The summed E-state index contributed by atoms with van der Waals surface area (Å²) < 4.78 is 0. The second kappa shape index (κ2) is 10.2. The zero-order valence-corrected chi connectivity index (χ0v) is 12.2. The van der Waals surface area contributed by atoms with Crippen molar-refractivity contribution in [1.29, 1.82) is 0 Å². The fourth-order valence-electron chi connectivity index (χ4n) is 1.68. The van der Waals surface area contributed by atoms with Gasteiger partial charge in [0.1, 0.15) is 0 Å². The first-order chi connectivity index (χ1) is 9.68. The van der Waals surface area contributed by atoms with Crippen molar-refractivity contribution in [3.05, 3.63) is 16.6 Å². The maximum absolute atomic E-state index is 11.4. The van der Waals surface area contributed by atoms with Crippen molar-refractivity contribution in [3.8, 4) is 0 Å². The molecule has 0 unspecified atom stereocenters. The molecule has 1 aromatic heterocycles. The number of carboxylic acids is 1. The molecular weight excluding hydrogens is 278 g/mol. The number of rotatable bonds is 10. The summed E-state index contributed by atoms with van der Waals surface area (Å²) in [4.78, 5) is 25.9. The average Bonchev–Trinajstić information content (AvgIpc) is 2.90. The Morgan fingerprint density at radius 2 is 1.90 bits per heavy atom. The number of nitrogens with one attached hydrogen (secondary N) is 2. The van der Waals surface area contributed by atoms with Crippen molar-refractivity contribution in [1.82, 2.24) is 15.6 Å². The van der Waals surface area contributed by atoms with Gasteiger partial charge in [-0.1, -0.05) is 12.8 Å². The Morgan fingerprint density at radius 1 is 1.15 bits per heavy atom. The van der Waals surface area contributed by atoms with Crippen LogP contribution in [0.5, 0.6) is 0 Å². The summed E-state index contributed by atoms with van der Waals surface area (Å²) in [6, 6.07) is -0.160. The van der Waals surface area contributed by atoms with E-state index in [1.54, 1.807) is 17.5 Å². The van der Waals surface area contributed by atoms with Crippen LogP contribution in [0.3, 0.4) is 0 Å². The van der Waals surface area contributed by atoms with Gasteiger partial charge in [-0.05, 0) is 12.8 Å². The Kier molecular flexibility index (Phi) is 8.37. The third-order valence-electron chi connectivity index (χ3n) is 2.71. The highest BCUT2D eigenvalue weighted by molar-refractivity contribution is 7.09. The van der Waals surface area contributed by atoms with Gasteiger partial charge in [-0.15, -0.1) is 11.3 Å². The summed E-state index contributed by atoms with van der Waals surface area (Å²) >= 11 is 1.58. The number of amides is 2. The molecule has 0 spiro atoms. The quantitative estimate of drug-likeness (QED) is 0.576. The van der Waals surface area contributed by atoms with Crippen molar-refractivity contribution in [2.24, 2.45) is 0 Å². The number of carbonyl (C=O) groups is 2. The monoisotopic (exact) mass is 299 g/mol. The first-order valence-corrected chi connectivity index (χ1v) is 7.68. The van der Waals surface area contributed by atoms with Crippen molar-refractivity contribution in [2.75, 3.05) is 13.1 Å². The van der Waals surface area contributed by atoms with E-state index in [1.165, 1.54) is 0 Å². The number of urea groups is 1. The summed E-state index contributed by atoms with van der Waals surface area (Å²) in [6.07, 6.45) is 6.14. The lowest BCUT2D eigenvalue weighted by atomic mass is 10.1. The first kappa shape index (κ1) is 16.4. The number of nitrogens with zero attached hydrogens (tertiary/aromatic N) is 1. The van der Waals surface area contributed by atoms with E-state index in [-0.39, 0.29) is 12.5 Å². The van der Waals surface area contributed by atoms with Crippen molar-refractivity contribution < 1.29 is 14.7 Å². The Labute approximate surface area is 122 Å². The lowest BCUT2D eigenvalue weighted by Gasteiger charge is -2.06. The lowest BCUT2D eigenvalue weighted by molar-refractivity contribution is -0.137. The van der Waals surface area contributed by atoms with E-state index in [9.17, 15) is 9.59 Å². The zero-order valence-electron chi connectivity index (χ0n) is 11.4. The van der Waals surface area contributed by atoms with Gasteiger partial charge < -0.3 is 15.7 Å². The van der Waals surface area contributed by atoms with E-state index >= 15 is 0 Å². The molecule has 1 rings (SSSR count). The van der Waals surface area contributed by atoms with E-state index in [4.69, 9.17) is 5.11 Å². The number of hydrogen-bond acceptors (Lipinski definition) is 4. The number of thiazole rings is 1. The van der Waals surface area contributed by atoms with E-state index < -0.39 is 5.97 Å². The third-order valence-corrected chi connectivity index (χ3v) is 3.55. The molecule has 7 heteroatoms. The van der Waals surface area contributed by atoms with Gasteiger partial charge in [0.15, 0.2) is 0 Å². The number of carboxylic acid groups (broad SMARTS) is 1. The molecule has 112 valence electrons. The number of carbonyl (C=O) groups excluding carboxylic acids is 1. The predicted octanol–water partition coefficient (Wildman–Crippen LogP) is 2.02. The molecule has 0 radical (unpaired) electrons. The number of aromatic nitrogens is 1. The Hall–Kier alpha value is -1.63. The Bertz CT molecular complexity index is 396. The highest BCUT2D eigenvalue weighted by atomic mass is 32.1. The van der Waals surface area contributed by atoms with Gasteiger partial charge in [-0.3, -0.25) is 4.79 Å². The fraction of sp³-hybridized carbons (Fsp3) is 0.615. The summed E-state index contributed by atoms with van der Waals surface area (Å²) in [5, 5.41) is 17.0. The van der Waals surface area contributed by atoms with Gasteiger partial charge in [0.25, 0.3) is 0 Å². The van der Waals surface area contributed by atoms with E-state index in [0.717, 1.165) is 30.7 Å². The SMILES string of the molecule is O=C(O)CCCCCCNC(=O)NCCc1nccs1. The Morgan fingerprint density at radius 3 is 2.60 bits per heavy atom. The fourth-order valence-corrected chi connectivity index (χ4v) is 2.30. The zero-order chi connectivity index (χ0) is 14.6. The van der Waals surface area contributed by atoms with Gasteiger partial charge in [0.05, 0.1) is 5.01 Å². The molecule has 20 heavy (non-hydrogen) atoms. The van der Waals surface area contributed by atoms with Crippen molar-refractivity contribution in [2.45, 2.75) is 38.5 Å². The molecule has 0 aliphatic rings. The minimum absolute atomic E-state index is 0.160. The average molecular weight is 299 g/mol. The van der Waals surface area contributed by atoms with Crippen LogP contribution in [0.1, 0.15) is 37.1 Å². The van der Waals surface area contributed by atoms with Crippen molar-refractivity contribution >= 4 is 23.3 Å². The van der Waals surface area contributed by atoms with Crippen molar-refractivity contribution in [3.63, 3.8) is 0 Å². The van der Waals surface area contributed by atoms with Gasteiger partial charge in [-0.2, -0.15) is 0 Å². The third kappa shape index (κ3) is 8.47. The van der Waals surface area contributed by atoms with Crippen LogP contribution in [0.25, 0.3) is 0 Å². The number of hydrogen-bond donors (Lipinski definition) is 3. The molecule has 0 aliphatic heterocycles. The molecule has 0 bridgehead atoms. The molecule has 0 saturated carbocycles. The molecule has 3 N–H and O–H groups in total. The molecular formula is C13H21N3O3S. The molecule has 1 aromatic rings. The largest absolute Gasteiger partial charge is 0.481 e. The van der Waals surface area contributed by atoms with Crippen LogP contribution < -0.4 is 10.6 Å². The van der Waals surface area contributed by atoms with Crippen LogP contribution in [-0.2, 0) is 11.2 Å². The van der Waals surface area contributed by atoms with E-state index in [2.05, 4.69) is 15.6 Å². The number of aliphatic carboxylic acids is 1. The first-order valence-electron chi connectivity index (χ1n) is 6.80.